The summed E-state index contributed by atoms with van der Waals surface area (Å²) in [4.78, 5) is 0. The van der Waals surface area contributed by atoms with Crippen molar-refractivity contribution in [2.45, 2.75) is 0 Å². The molecule has 14 heavy (non-hydrogen) atoms. The molecule has 5 heteroatoms. The predicted octanol–water partition coefficient (Wildman–Crippen LogP) is 2.76. The smallest absolute Gasteiger partial charge is 0.172 e. The standard InChI is InChI=1S/C9H4F3NO/c10-5-3-6(11)9(7(12)4-5)8-1-2-13-14-8/h1-4H. The molecule has 0 atom stereocenters. The average molecular weight is 199 g/mol. The monoisotopic (exact) mass is 199 g/mol. The topological polar surface area (TPSA) is 26.0 Å². The number of benzene rings is 1. The molecule has 1 aromatic heterocycles. The Labute approximate surface area is 77.0 Å². The van der Waals surface area contributed by atoms with Gasteiger partial charge in [-0.1, -0.05) is 5.16 Å². The predicted molar refractivity (Wildman–Crippen MR) is 41.8 cm³/mol. The molecule has 0 aliphatic carbocycles. The molecule has 0 aliphatic rings. The van der Waals surface area contributed by atoms with Crippen LogP contribution in [0.15, 0.2) is 28.9 Å². The van der Waals surface area contributed by atoms with Crippen LogP contribution in [0.4, 0.5) is 13.2 Å². The van der Waals surface area contributed by atoms with Crippen LogP contribution < -0.4 is 0 Å². The molecule has 0 radical (unpaired) electrons. The zero-order valence-electron chi connectivity index (χ0n) is 6.80. The third-order valence-corrected chi connectivity index (χ3v) is 1.69. The van der Waals surface area contributed by atoms with Crippen LogP contribution in [-0.2, 0) is 0 Å². The van der Waals surface area contributed by atoms with Crippen molar-refractivity contribution in [1.29, 1.82) is 0 Å². The maximum Gasteiger partial charge on any atom is 0.172 e. The lowest BCUT2D eigenvalue weighted by molar-refractivity contribution is 0.426. The second-order valence-corrected chi connectivity index (χ2v) is 2.62. The summed E-state index contributed by atoms with van der Waals surface area (Å²) in [6.45, 7) is 0. The molecule has 0 saturated heterocycles. The molecule has 0 saturated carbocycles. The van der Waals surface area contributed by atoms with Crippen LogP contribution in [-0.4, -0.2) is 5.16 Å². The first kappa shape index (κ1) is 8.80. The first-order valence-electron chi connectivity index (χ1n) is 3.74. The number of hydrogen-bond donors (Lipinski definition) is 0. The lowest BCUT2D eigenvalue weighted by Gasteiger charge is -2.00. The molecule has 0 amide bonds. The molecule has 0 aliphatic heterocycles. The lowest BCUT2D eigenvalue weighted by Crippen LogP contribution is -1.90. The number of aromatic nitrogens is 1. The van der Waals surface area contributed by atoms with E-state index in [2.05, 4.69) is 9.68 Å². The third-order valence-electron chi connectivity index (χ3n) is 1.69. The number of rotatable bonds is 1. The number of halogens is 3. The molecule has 0 fully saturated rings. The molecular weight excluding hydrogens is 195 g/mol. The largest absolute Gasteiger partial charge is 0.356 e. The highest BCUT2D eigenvalue weighted by atomic mass is 19.1. The molecular formula is C9H4F3NO. The minimum atomic E-state index is -1.01. The van der Waals surface area contributed by atoms with Crippen molar-refractivity contribution in [3.05, 3.63) is 41.8 Å². The SMILES string of the molecule is Fc1cc(F)c(-c2ccno2)c(F)c1. The van der Waals surface area contributed by atoms with Crippen molar-refractivity contribution < 1.29 is 17.7 Å². The Morgan fingerprint density at radius 1 is 1.07 bits per heavy atom. The van der Waals surface area contributed by atoms with E-state index in [1.54, 1.807) is 0 Å². The molecule has 0 bridgehead atoms. The second-order valence-electron chi connectivity index (χ2n) is 2.62. The van der Waals surface area contributed by atoms with Gasteiger partial charge >= 0.3 is 0 Å². The van der Waals surface area contributed by atoms with E-state index in [-0.39, 0.29) is 5.76 Å². The minimum Gasteiger partial charge on any atom is -0.356 e. The highest BCUT2D eigenvalue weighted by Crippen LogP contribution is 2.26. The van der Waals surface area contributed by atoms with Crippen molar-refractivity contribution in [3.8, 4) is 11.3 Å². The summed E-state index contributed by atoms with van der Waals surface area (Å²) < 4.78 is 43.3. The average Bonchev–Trinajstić information content (AvgIpc) is 2.54. The summed E-state index contributed by atoms with van der Waals surface area (Å²) >= 11 is 0. The summed E-state index contributed by atoms with van der Waals surface area (Å²) in [6, 6.07) is 2.46. The number of nitrogens with zero attached hydrogens (tertiary/aromatic N) is 1. The van der Waals surface area contributed by atoms with E-state index in [1.807, 2.05) is 0 Å². The van der Waals surface area contributed by atoms with Crippen LogP contribution in [0.2, 0.25) is 0 Å². The van der Waals surface area contributed by atoms with Crippen molar-refractivity contribution in [2.24, 2.45) is 0 Å². The summed E-state index contributed by atoms with van der Waals surface area (Å²) in [5, 5.41) is 3.30. The van der Waals surface area contributed by atoms with Gasteiger partial charge in [0.05, 0.1) is 11.8 Å². The van der Waals surface area contributed by atoms with E-state index < -0.39 is 23.0 Å². The molecule has 0 spiro atoms. The summed E-state index contributed by atoms with van der Waals surface area (Å²) in [7, 11) is 0. The lowest BCUT2D eigenvalue weighted by atomic mass is 10.1. The fraction of sp³-hybridized carbons (Fsp3) is 0. The Morgan fingerprint density at radius 3 is 2.21 bits per heavy atom. The molecule has 0 N–H and O–H groups in total. The summed E-state index contributed by atoms with van der Waals surface area (Å²) in [5.74, 6) is -3.07. The van der Waals surface area contributed by atoms with Gasteiger partial charge in [0.1, 0.15) is 17.5 Å². The first-order valence-corrected chi connectivity index (χ1v) is 3.74. The zero-order chi connectivity index (χ0) is 10.1. The number of hydrogen-bond acceptors (Lipinski definition) is 2. The van der Waals surface area contributed by atoms with Gasteiger partial charge in [-0.25, -0.2) is 13.2 Å². The highest BCUT2D eigenvalue weighted by molar-refractivity contribution is 5.58. The maximum atomic E-state index is 13.1. The van der Waals surface area contributed by atoms with Gasteiger partial charge in [-0.3, -0.25) is 0 Å². The van der Waals surface area contributed by atoms with Crippen molar-refractivity contribution >= 4 is 0 Å². The van der Waals surface area contributed by atoms with E-state index in [0.717, 1.165) is 0 Å². The second kappa shape index (κ2) is 3.17. The van der Waals surface area contributed by atoms with Gasteiger partial charge in [-0.15, -0.1) is 0 Å². The minimum absolute atomic E-state index is 0.0694. The Kier molecular flexibility index (Phi) is 1.99. The van der Waals surface area contributed by atoms with E-state index in [4.69, 9.17) is 0 Å². The molecule has 0 unspecified atom stereocenters. The van der Waals surface area contributed by atoms with Crippen LogP contribution >= 0.6 is 0 Å². The molecule has 1 heterocycles. The highest BCUT2D eigenvalue weighted by Gasteiger charge is 2.15. The van der Waals surface area contributed by atoms with Crippen LogP contribution in [0.5, 0.6) is 0 Å². The van der Waals surface area contributed by atoms with E-state index in [1.165, 1.54) is 12.3 Å². The summed E-state index contributed by atoms with van der Waals surface area (Å²) in [6.07, 6.45) is 1.25. The Morgan fingerprint density at radius 2 is 1.71 bits per heavy atom. The maximum absolute atomic E-state index is 13.1. The van der Waals surface area contributed by atoms with Crippen LogP contribution in [0, 0.1) is 17.5 Å². The fourth-order valence-corrected chi connectivity index (χ4v) is 1.12. The van der Waals surface area contributed by atoms with Crippen molar-refractivity contribution in [1.82, 2.24) is 5.16 Å². The fourth-order valence-electron chi connectivity index (χ4n) is 1.12. The molecule has 1 aromatic carbocycles. The van der Waals surface area contributed by atoms with Crippen molar-refractivity contribution in [3.63, 3.8) is 0 Å². The Bertz CT molecular complexity index is 430. The van der Waals surface area contributed by atoms with E-state index >= 15 is 0 Å². The van der Waals surface area contributed by atoms with E-state index in [0.29, 0.717) is 12.1 Å². The molecule has 2 aromatic rings. The van der Waals surface area contributed by atoms with Crippen LogP contribution in [0.3, 0.4) is 0 Å². The summed E-state index contributed by atoms with van der Waals surface area (Å²) in [5.41, 5.74) is -0.413. The van der Waals surface area contributed by atoms with Gasteiger partial charge in [0.2, 0.25) is 0 Å². The van der Waals surface area contributed by atoms with Gasteiger partial charge in [-0.05, 0) is 0 Å². The Balaban J connectivity index is 2.64. The van der Waals surface area contributed by atoms with Gasteiger partial charge in [0, 0.05) is 18.2 Å². The van der Waals surface area contributed by atoms with Crippen LogP contribution in [0.1, 0.15) is 0 Å². The van der Waals surface area contributed by atoms with Gasteiger partial charge in [0.25, 0.3) is 0 Å². The van der Waals surface area contributed by atoms with E-state index in [9.17, 15) is 13.2 Å². The third kappa shape index (κ3) is 1.37. The van der Waals surface area contributed by atoms with Gasteiger partial charge in [-0.2, -0.15) is 0 Å². The molecule has 2 rings (SSSR count). The first-order chi connectivity index (χ1) is 6.68. The van der Waals surface area contributed by atoms with Crippen LogP contribution in [0.25, 0.3) is 11.3 Å². The molecule has 2 nitrogen and oxygen atoms in total. The zero-order valence-corrected chi connectivity index (χ0v) is 6.80. The molecule has 72 valence electrons. The van der Waals surface area contributed by atoms with Gasteiger partial charge in [0.15, 0.2) is 5.76 Å². The Hall–Kier alpha value is -1.78. The van der Waals surface area contributed by atoms with Crippen molar-refractivity contribution in [2.75, 3.05) is 0 Å². The quantitative estimate of drug-likeness (QED) is 0.705. The van der Waals surface area contributed by atoms with Gasteiger partial charge < -0.3 is 4.52 Å². The normalized spacial score (nSPS) is 10.5.